The van der Waals surface area contributed by atoms with Gasteiger partial charge in [-0.15, -0.1) is 0 Å². The first kappa shape index (κ1) is 7.65. The lowest BCUT2D eigenvalue weighted by molar-refractivity contribution is -0.112. The van der Waals surface area contributed by atoms with Crippen molar-refractivity contribution in [1.82, 2.24) is 10.2 Å². The smallest absolute Gasteiger partial charge is 0.151 e. The van der Waals surface area contributed by atoms with Gasteiger partial charge in [-0.3, -0.25) is 4.90 Å². The molecule has 1 atom stereocenters. The third-order valence-electron chi connectivity index (χ3n) is 1.65. The van der Waals surface area contributed by atoms with Crippen molar-refractivity contribution in [3.8, 4) is 0 Å². The average molecular weight is 142 g/mol. The minimum Gasteiger partial charge on any atom is -0.310 e. The van der Waals surface area contributed by atoms with Crippen molar-refractivity contribution in [2.75, 3.05) is 26.2 Å². The highest BCUT2D eigenvalue weighted by molar-refractivity contribution is 5.56. The molecule has 1 aliphatic rings. The summed E-state index contributed by atoms with van der Waals surface area (Å²) in [6, 6.07) is 0. The summed E-state index contributed by atoms with van der Waals surface area (Å²) in [5.41, 5.74) is 5.46. The summed E-state index contributed by atoms with van der Waals surface area (Å²) < 4.78 is 0. The number of hydrogen-bond acceptors (Lipinski definition) is 3. The Labute approximate surface area is 60.4 Å². The summed E-state index contributed by atoms with van der Waals surface area (Å²) in [5, 5.41) is 4.13. The van der Waals surface area contributed by atoms with Crippen molar-refractivity contribution < 1.29 is 4.79 Å². The highest BCUT2D eigenvalue weighted by atomic mass is 16.1. The number of carbonyl (C=O) groups is 1. The molecule has 1 rings (SSSR count). The maximum atomic E-state index is 10.2. The van der Waals surface area contributed by atoms with Crippen LogP contribution in [0.25, 0.3) is 0 Å². The third kappa shape index (κ3) is 1.76. The molecule has 1 fully saturated rings. The van der Waals surface area contributed by atoms with Crippen LogP contribution < -0.4 is 11.1 Å². The molecule has 1 aliphatic heterocycles. The van der Waals surface area contributed by atoms with Gasteiger partial charge in [-0.05, 0) is 0 Å². The standard InChI is InChI=1S/C6H12N3O/c7-6(5-10)9-3-1-8-2-4-9/h5-6H,1-4,7H2. The van der Waals surface area contributed by atoms with Crippen molar-refractivity contribution in [2.24, 2.45) is 5.73 Å². The fourth-order valence-electron chi connectivity index (χ4n) is 1.01. The first-order valence-corrected chi connectivity index (χ1v) is 3.43. The number of rotatable bonds is 2. The van der Waals surface area contributed by atoms with E-state index in [2.05, 4.69) is 5.32 Å². The molecule has 0 amide bonds. The molecule has 57 valence electrons. The first-order valence-electron chi connectivity index (χ1n) is 3.43. The second-order valence-corrected chi connectivity index (χ2v) is 2.33. The molecule has 1 heterocycles. The van der Waals surface area contributed by atoms with Gasteiger partial charge in [0.25, 0.3) is 0 Å². The Morgan fingerprint density at radius 2 is 2.10 bits per heavy atom. The zero-order valence-corrected chi connectivity index (χ0v) is 5.86. The van der Waals surface area contributed by atoms with Crippen LogP contribution in [0, 0.1) is 0 Å². The van der Waals surface area contributed by atoms with E-state index >= 15 is 0 Å². The van der Waals surface area contributed by atoms with Gasteiger partial charge < -0.3 is 10.5 Å². The summed E-state index contributed by atoms with van der Waals surface area (Å²) in [6.07, 6.45) is 0.348. The van der Waals surface area contributed by atoms with Crippen LogP contribution in [0.2, 0.25) is 0 Å². The predicted octanol–water partition coefficient (Wildman–Crippen LogP) is -1.61. The van der Waals surface area contributed by atoms with Crippen LogP contribution in [0.3, 0.4) is 0 Å². The first-order chi connectivity index (χ1) is 4.84. The number of nitrogens with zero attached hydrogens (tertiary/aromatic N) is 2. The van der Waals surface area contributed by atoms with E-state index in [0.29, 0.717) is 0 Å². The molecular formula is C6H12N3O. The second kappa shape index (κ2) is 3.65. The van der Waals surface area contributed by atoms with Gasteiger partial charge in [-0.2, -0.15) is 0 Å². The van der Waals surface area contributed by atoms with Gasteiger partial charge in [0.1, 0.15) is 6.17 Å². The van der Waals surface area contributed by atoms with Crippen molar-refractivity contribution in [3.63, 3.8) is 0 Å². The van der Waals surface area contributed by atoms with Crippen LogP contribution in [-0.4, -0.2) is 43.5 Å². The Bertz CT molecular complexity index is 112. The zero-order chi connectivity index (χ0) is 7.40. The van der Waals surface area contributed by atoms with Gasteiger partial charge in [0, 0.05) is 26.2 Å². The summed E-state index contributed by atoms with van der Waals surface area (Å²) in [4.78, 5) is 12.1. The van der Waals surface area contributed by atoms with E-state index in [1.165, 1.54) is 0 Å². The summed E-state index contributed by atoms with van der Waals surface area (Å²) >= 11 is 0. The van der Waals surface area contributed by atoms with Crippen LogP contribution in [0.15, 0.2) is 0 Å². The lowest BCUT2D eigenvalue weighted by Gasteiger charge is -2.28. The molecule has 2 N–H and O–H groups in total. The number of hydrogen-bond donors (Lipinski definition) is 1. The number of carbonyl (C=O) groups excluding carboxylic acids is 1. The molecule has 4 nitrogen and oxygen atoms in total. The van der Waals surface area contributed by atoms with E-state index in [4.69, 9.17) is 5.73 Å². The van der Waals surface area contributed by atoms with Gasteiger partial charge in [-0.25, -0.2) is 5.32 Å². The Kier molecular flexibility index (Phi) is 2.80. The van der Waals surface area contributed by atoms with Gasteiger partial charge in [0.05, 0.1) is 0 Å². The molecule has 0 spiro atoms. The molecule has 1 unspecified atom stereocenters. The Hall–Kier alpha value is -0.450. The molecule has 0 bridgehead atoms. The van der Waals surface area contributed by atoms with Crippen molar-refractivity contribution in [2.45, 2.75) is 6.17 Å². The number of aldehydes is 1. The van der Waals surface area contributed by atoms with E-state index in [1.807, 2.05) is 4.90 Å². The molecule has 1 saturated heterocycles. The fourth-order valence-corrected chi connectivity index (χ4v) is 1.01. The molecule has 0 aromatic carbocycles. The molecule has 0 aromatic heterocycles. The normalized spacial score (nSPS) is 24.1. The van der Waals surface area contributed by atoms with Gasteiger partial charge in [-0.1, -0.05) is 0 Å². The molecule has 1 radical (unpaired) electrons. The Morgan fingerprint density at radius 1 is 1.50 bits per heavy atom. The topological polar surface area (TPSA) is 60.4 Å². The Balaban J connectivity index is 2.30. The lowest BCUT2D eigenvalue weighted by Crippen LogP contribution is -2.50. The van der Waals surface area contributed by atoms with Gasteiger partial charge >= 0.3 is 0 Å². The fraction of sp³-hybridized carbons (Fsp3) is 0.833. The largest absolute Gasteiger partial charge is 0.310 e. The highest BCUT2D eigenvalue weighted by Gasteiger charge is 2.15. The van der Waals surface area contributed by atoms with E-state index < -0.39 is 6.17 Å². The minimum absolute atomic E-state index is 0.421. The maximum Gasteiger partial charge on any atom is 0.151 e. The van der Waals surface area contributed by atoms with Crippen LogP contribution in [0.1, 0.15) is 0 Å². The molecule has 10 heavy (non-hydrogen) atoms. The average Bonchev–Trinajstić information content (AvgIpc) is 2.05. The molecule has 4 heteroatoms. The highest BCUT2D eigenvalue weighted by Crippen LogP contribution is 1.93. The van der Waals surface area contributed by atoms with Crippen LogP contribution in [0.5, 0.6) is 0 Å². The zero-order valence-electron chi connectivity index (χ0n) is 5.86. The SMILES string of the molecule is NC(C=O)N1CC[N]CC1. The molecular weight excluding hydrogens is 130 g/mol. The van der Waals surface area contributed by atoms with E-state index in [9.17, 15) is 4.79 Å². The van der Waals surface area contributed by atoms with Crippen LogP contribution in [-0.2, 0) is 4.79 Å². The molecule has 0 aromatic rings. The minimum atomic E-state index is -0.421. The number of nitrogens with two attached hydrogens (primary N) is 1. The number of piperazine rings is 1. The monoisotopic (exact) mass is 142 g/mol. The van der Waals surface area contributed by atoms with Crippen molar-refractivity contribution in [1.29, 1.82) is 0 Å². The summed E-state index contributed by atoms with van der Waals surface area (Å²) in [5.74, 6) is 0. The molecule has 0 aliphatic carbocycles. The third-order valence-corrected chi connectivity index (χ3v) is 1.65. The maximum absolute atomic E-state index is 10.2. The van der Waals surface area contributed by atoms with E-state index in [0.717, 1.165) is 32.5 Å². The Morgan fingerprint density at radius 3 is 2.60 bits per heavy atom. The predicted molar refractivity (Wildman–Crippen MR) is 37.5 cm³/mol. The summed E-state index contributed by atoms with van der Waals surface area (Å²) in [7, 11) is 0. The molecule has 0 saturated carbocycles. The quantitative estimate of drug-likeness (QED) is 0.472. The van der Waals surface area contributed by atoms with Gasteiger partial charge in [0.15, 0.2) is 6.29 Å². The van der Waals surface area contributed by atoms with Crippen LogP contribution >= 0.6 is 0 Å². The van der Waals surface area contributed by atoms with Crippen molar-refractivity contribution >= 4 is 6.29 Å². The van der Waals surface area contributed by atoms with Crippen LogP contribution in [0.4, 0.5) is 0 Å². The van der Waals surface area contributed by atoms with Crippen molar-refractivity contribution in [3.05, 3.63) is 0 Å². The second-order valence-electron chi connectivity index (χ2n) is 2.33. The lowest BCUT2D eigenvalue weighted by atomic mass is 10.3. The van der Waals surface area contributed by atoms with E-state index in [1.54, 1.807) is 0 Å². The van der Waals surface area contributed by atoms with Gasteiger partial charge in [0.2, 0.25) is 0 Å². The van der Waals surface area contributed by atoms with E-state index in [-0.39, 0.29) is 0 Å². The summed E-state index contributed by atoms with van der Waals surface area (Å²) in [6.45, 7) is 3.25.